The van der Waals surface area contributed by atoms with Crippen molar-refractivity contribution in [2.24, 2.45) is 0 Å². The maximum absolute atomic E-state index is 12.8. The lowest BCUT2D eigenvalue weighted by molar-refractivity contribution is -0.274. The summed E-state index contributed by atoms with van der Waals surface area (Å²) in [6, 6.07) is 10.7. The van der Waals surface area contributed by atoms with Gasteiger partial charge in [-0.15, -0.1) is 13.2 Å². The number of halogens is 3. The van der Waals surface area contributed by atoms with Gasteiger partial charge in [-0.05, 0) is 49.7 Å². The molecule has 37 heavy (non-hydrogen) atoms. The molecule has 0 unspecified atom stereocenters. The van der Waals surface area contributed by atoms with Crippen molar-refractivity contribution in [3.63, 3.8) is 0 Å². The van der Waals surface area contributed by atoms with Gasteiger partial charge in [0.2, 0.25) is 5.88 Å². The van der Waals surface area contributed by atoms with Gasteiger partial charge < -0.3 is 19.9 Å². The maximum atomic E-state index is 12.8. The lowest BCUT2D eigenvalue weighted by Gasteiger charge is -2.17. The minimum Gasteiger partial charge on any atom is -0.508 e. The highest BCUT2D eigenvalue weighted by molar-refractivity contribution is 5.85. The van der Waals surface area contributed by atoms with E-state index in [9.17, 15) is 18.3 Å². The van der Waals surface area contributed by atoms with Gasteiger partial charge in [-0.25, -0.2) is 9.67 Å². The van der Waals surface area contributed by atoms with Crippen molar-refractivity contribution in [3.05, 3.63) is 78.4 Å². The zero-order valence-electron chi connectivity index (χ0n) is 20.3. The van der Waals surface area contributed by atoms with Crippen LogP contribution < -0.4 is 14.8 Å². The predicted molar refractivity (Wildman–Crippen MR) is 133 cm³/mol. The molecule has 1 aromatic carbocycles. The molecule has 0 aliphatic carbocycles. The van der Waals surface area contributed by atoms with Crippen molar-refractivity contribution in [3.8, 4) is 28.4 Å². The van der Waals surface area contributed by atoms with Crippen LogP contribution in [-0.2, 0) is 6.42 Å². The van der Waals surface area contributed by atoms with Gasteiger partial charge in [0.15, 0.2) is 0 Å². The number of nitrogens with zero attached hydrogens (tertiary/aromatic N) is 4. The number of methoxy groups -OCH3 is 1. The van der Waals surface area contributed by atoms with Gasteiger partial charge in [0, 0.05) is 35.2 Å². The van der Waals surface area contributed by atoms with Crippen LogP contribution in [0.3, 0.4) is 0 Å². The lowest BCUT2D eigenvalue weighted by Crippen LogP contribution is -2.17. The molecule has 0 aliphatic heterocycles. The van der Waals surface area contributed by atoms with E-state index in [2.05, 4.69) is 26.6 Å². The Bertz CT molecular complexity index is 1430. The Morgan fingerprint density at radius 3 is 2.54 bits per heavy atom. The summed E-state index contributed by atoms with van der Waals surface area (Å²) in [5, 5.41) is 18.3. The molecule has 4 aromatic rings. The van der Waals surface area contributed by atoms with E-state index < -0.39 is 17.9 Å². The fourth-order valence-corrected chi connectivity index (χ4v) is 3.85. The Morgan fingerprint density at radius 2 is 1.95 bits per heavy atom. The van der Waals surface area contributed by atoms with E-state index in [0.717, 1.165) is 23.4 Å². The molecule has 0 radical (unpaired) electrons. The van der Waals surface area contributed by atoms with Crippen LogP contribution >= 0.6 is 0 Å². The molecule has 2 N–H and O–H groups in total. The second kappa shape index (κ2) is 10.2. The number of aliphatic hydroxyl groups excluding tert-OH is 1. The van der Waals surface area contributed by atoms with Gasteiger partial charge in [0.05, 0.1) is 29.9 Å². The highest BCUT2D eigenvalue weighted by Gasteiger charge is 2.31. The SMILES string of the molecule is C=C(O)c1cc(OC(F)(F)F)ccc1Nc1c(-c2ccc(OC)nc2)c(CC)nn1-c1cccnc1C. The van der Waals surface area contributed by atoms with Crippen molar-refractivity contribution in [2.45, 2.75) is 26.6 Å². The molecule has 0 atom stereocenters. The van der Waals surface area contributed by atoms with E-state index in [1.54, 1.807) is 29.2 Å². The average molecular weight is 512 g/mol. The van der Waals surface area contributed by atoms with E-state index in [0.29, 0.717) is 35.1 Å². The number of benzene rings is 1. The molecular weight excluding hydrogens is 487 g/mol. The predicted octanol–water partition coefficient (Wildman–Crippen LogP) is 6.38. The first kappa shape index (κ1) is 25.5. The smallest absolute Gasteiger partial charge is 0.508 e. The minimum atomic E-state index is -4.88. The minimum absolute atomic E-state index is 0.0225. The first-order valence-electron chi connectivity index (χ1n) is 11.2. The molecule has 0 aliphatic rings. The van der Waals surface area contributed by atoms with Gasteiger partial charge in [-0.1, -0.05) is 13.5 Å². The summed E-state index contributed by atoms with van der Waals surface area (Å²) in [5.41, 5.74) is 3.88. The van der Waals surface area contributed by atoms with Crippen LogP contribution in [0.4, 0.5) is 24.7 Å². The van der Waals surface area contributed by atoms with Crippen LogP contribution in [0.2, 0.25) is 0 Å². The van der Waals surface area contributed by atoms with Gasteiger partial charge >= 0.3 is 6.36 Å². The van der Waals surface area contributed by atoms with Gasteiger partial charge in [0.1, 0.15) is 17.3 Å². The van der Waals surface area contributed by atoms with E-state index in [-0.39, 0.29) is 11.3 Å². The third kappa shape index (κ3) is 5.50. The molecule has 0 saturated carbocycles. The zero-order chi connectivity index (χ0) is 26.7. The van der Waals surface area contributed by atoms with Gasteiger partial charge in [-0.3, -0.25) is 4.98 Å². The molecule has 3 heterocycles. The van der Waals surface area contributed by atoms with Crippen LogP contribution in [-0.4, -0.2) is 38.3 Å². The van der Waals surface area contributed by atoms with Crippen LogP contribution in [0.15, 0.2) is 61.4 Å². The Labute approximate surface area is 211 Å². The number of aliphatic hydroxyl groups is 1. The number of ether oxygens (including phenoxy) is 2. The normalized spacial score (nSPS) is 11.3. The molecule has 0 fully saturated rings. The second-order valence-corrected chi connectivity index (χ2v) is 7.96. The fraction of sp³-hybridized carbons (Fsp3) is 0.192. The van der Waals surface area contributed by atoms with E-state index >= 15 is 0 Å². The Kier molecular flexibility index (Phi) is 7.05. The number of nitrogens with one attached hydrogen (secondary N) is 1. The molecule has 8 nitrogen and oxygen atoms in total. The van der Waals surface area contributed by atoms with Crippen LogP contribution in [0.25, 0.3) is 22.6 Å². The molecule has 0 bridgehead atoms. The summed E-state index contributed by atoms with van der Waals surface area (Å²) in [7, 11) is 1.52. The van der Waals surface area contributed by atoms with Crippen LogP contribution in [0, 0.1) is 6.92 Å². The molecule has 0 saturated heterocycles. The monoisotopic (exact) mass is 511 g/mol. The number of hydrogen-bond donors (Lipinski definition) is 2. The van der Waals surface area contributed by atoms with Gasteiger partial charge in [0.25, 0.3) is 0 Å². The molecular formula is C26H24F3N5O3. The summed E-state index contributed by atoms with van der Waals surface area (Å²) in [6.45, 7) is 7.30. The van der Waals surface area contributed by atoms with Crippen molar-refractivity contribution in [1.82, 2.24) is 19.7 Å². The molecule has 0 amide bonds. The number of rotatable bonds is 8. The molecule has 192 valence electrons. The summed E-state index contributed by atoms with van der Waals surface area (Å²) < 4.78 is 49.2. The van der Waals surface area contributed by atoms with E-state index in [1.807, 2.05) is 26.0 Å². The molecule has 11 heteroatoms. The number of aromatic nitrogens is 4. The Morgan fingerprint density at radius 1 is 1.16 bits per heavy atom. The molecule has 3 aromatic heterocycles. The molecule has 0 spiro atoms. The quantitative estimate of drug-likeness (QED) is 0.265. The fourth-order valence-electron chi connectivity index (χ4n) is 3.85. The summed E-state index contributed by atoms with van der Waals surface area (Å²) in [5.74, 6) is -0.00589. The standard InChI is InChI=1S/C26H24F3N5O3/c1-5-20-24(17-8-11-23(36-4)31-14-17)25(34(33-20)22-7-6-12-30-15(22)2)32-21-10-9-18(37-26(27,28)29)13-19(21)16(3)35/h6-14,32,35H,3,5H2,1-2,4H3. The third-order valence-corrected chi connectivity index (χ3v) is 5.52. The summed E-state index contributed by atoms with van der Waals surface area (Å²) in [4.78, 5) is 8.67. The number of alkyl halides is 3. The van der Waals surface area contributed by atoms with Crippen molar-refractivity contribution in [2.75, 3.05) is 12.4 Å². The largest absolute Gasteiger partial charge is 0.573 e. The number of aryl methyl sites for hydroxylation is 2. The van der Waals surface area contributed by atoms with Crippen LogP contribution in [0.5, 0.6) is 11.6 Å². The van der Waals surface area contributed by atoms with Crippen molar-refractivity contribution < 1.29 is 27.8 Å². The van der Waals surface area contributed by atoms with Crippen molar-refractivity contribution >= 4 is 17.3 Å². The van der Waals surface area contributed by atoms with Gasteiger partial charge in [-0.2, -0.15) is 5.10 Å². The highest BCUT2D eigenvalue weighted by Crippen LogP contribution is 2.39. The number of hydrogen-bond acceptors (Lipinski definition) is 7. The summed E-state index contributed by atoms with van der Waals surface area (Å²) >= 11 is 0. The van der Waals surface area contributed by atoms with Crippen molar-refractivity contribution in [1.29, 1.82) is 0 Å². The number of anilines is 2. The maximum Gasteiger partial charge on any atom is 0.573 e. The third-order valence-electron chi connectivity index (χ3n) is 5.52. The number of pyridine rings is 2. The zero-order valence-corrected chi connectivity index (χ0v) is 20.3. The first-order valence-corrected chi connectivity index (χ1v) is 11.2. The first-order chi connectivity index (χ1) is 17.6. The van der Waals surface area contributed by atoms with Crippen LogP contribution in [0.1, 0.15) is 23.9 Å². The molecule has 4 rings (SSSR count). The van der Waals surface area contributed by atoms with E-state index in [4.69, 9.17) is 9.84 Å². The van der Waals surface area contributed by atoms with E-state index in [1.165, 1.54) is 13.2 Å². The topological polar surface area (TPSA) is 94.3 Å². The average Bonchev–Trinajstić information content (AvgIpc) is 3.22. The lowest BCUT2D eigenvalue weighted by atomic mass is 10.0. The highest BCUT2D eigenvalue weighted by atomic mass is 19.4. The Hall–Kier alpha value is -4.54. The second-order valence-electron chi connectivity index (χ2n) is 7.96. The Balaban J connectivity index is 1.92. The summed E-state index contributed by atoms with van der Waals surface area (Å²) in [6.07, 6.45) is -1.01.